The number of ether oxygens (including phenoxy) is 1. The second-order valence-corrected chi connectivity index (χ2v) is 7.54. The second-order valence-electron chi connectivity index (χ2n) is 7.54. The molecule has 2 aliphatic carbocycles. The number of carbonyl (C=O) groups excluding carboxylic acids is 3. The van der Waals surface area contributed by atoms with Gasteiger partial charge in [0.05, 0.1) is 13.0 Å². The molecule has 1 fully saturated rings. The van der Waals surface area contributed by atoms with Crippen molar-refractivity contribution in [3.63, 3.8) is 0 Å². The number of fused-ring (bicyclic) bond motifs is 1. The first-order valence-electron chi connectivity index (χ1n) is 9.52. The molecule has 0 unspecified atom stereocenters. The van der Waals surface area contributed by atoms with Crippen LogP contribution in [-0.2, 0) is 0 Å². The number of benzene rings is 3. The lowest BCUT2D eigenvalue weighted by atomic mass is 9.91. The molecule has 0 amide bonds. The van der Waals surface area contributed by atoms with E-state index in [1.54, 1.807) is 61.7 Å². The van der Waals surface area contributed by atoms with E-state index in [0.29, 0.717) is 22.4 Å². The average molecular weight is 382 g/mol. The van der Waals surface area contributed by atoms with Crippen molar-refractivity contribution in [1.29, 1.82) is 0 Å². The molecule has 0 aromatic heterocycles. The largest absolute Gasteiger partial charge is 0.497 e. The summed E-state index contributed by atoms with van der Waals surface area (Å²) in [6.45, 7) is 0. The SMILES string of the molecule is COc1cccc([C@H]2[C@H](C(=O)c3ccccc3)C23C(=O)c2ccccc2C3=O)c1. The van der Waals surface area contributed by atoms with Crippen LogP contribution in [0.25, 0.3) is 0 Å². The lowest BCUT2D eigenvalue weighted by Gasteiger charge is -2.08. The maximum atomic E-state index is 13.5. The lowest BCUT2D eigenvalue weighted by molar-refractivity contribution is 0.0764. The third kappa shape index (κ3) is 2.29. The molecule has 3 aromatic carbocycles. The van der Waals surface area contributed by atoms with Crippen LogP contribution in [-0.4, -0.2) is 24.5 Å². The van der Waals surface area contributed by atoms with E-state index in [4.69, 9.17) is 4.74 Å². The summed E-state index contributed by atoms with van der Waals surface area (Å²) in [5.41, 5.74) is 0.748. The second kappa shape index (κ2) is 6.24. The van der Waals surface area contributed by atoms with Crippen LogP contribution in [0.3, 0.4) is 0 Å². The van der Waals surface area contributed by atoms with Gasteiger partial charge in [0.25, 0.3) is 0 Å². The molecule has 0 radical (unpaired) electrons. The Bertz CT molecular complexity index is 1130. The Morgan fingerprint density at radius 2 is 1.45 bits per heavy atom. The fourth-order valence-corrected chi connectivity index (χ4v) is 4.81. The van der Waals surface area contributed by atoms with Gasteiger partial charge in [0.2, 0.25) is 0 Å². The normalized spacial score (nSPS) is 21.1. The van der Waals surface area contributed by atoms with Crippen LogP contribution in [0.1, 0.15) is 42.6 Å². The number of Topliss-reactive ketones (excluding diaryl/α,β-unsaturated/α-hetero) is 3. The molecule has 0 heterocycles. The number of rotatable bonds is 4. The average Bonchev–Trinajstić information content (AvgIpc) is 3.44. The first kappa shape index (κ1) is 17.6. The van der Waals surface area contributed by atoms with E-state index in [2.05, 4.69) is 0 Å². The van der Waals surface area contributed by atoms with Gasteiger partial charge in [-0.1, -0.05) is 66.7 Å². The van der Waals surface area contributed by atoms with E-state index < -0.39 is 17.3 Å². The van der Waals surface area contributed by atoms with Crippen molar-refractivity contribution in [2.75, 3.05) is 7.11 Å². The predicted molar refractivity (Wildman–Crippen MR) is 108 cm³/mol. The molecule has 0 N–H and O–H groups in total. The highest BCUT2D eigenvalue weighted by Crippen LogP contribution is 2.70. The Morgan fingerprint density at radius 1 is 0.828 bits per heavy atom. The summed E-state index contributed by atoms with van der Waals surface area (Å²) >= 11 is 0. The van der Waals surface area contributed by atoms with E-state index in [0.717, 1.165) is 5.56 Å². The van der Waals surface area contributed by atoms with E-state index in [1.807, 2.05) is 24.3 Å². The van der Waals surface area contributed by atoms with Gasteiger partial charge in [0.1, 0.15) is 11.2 Å². The zero-order valence-electron chi connectivity index (χ0n) is 15.8. The van der Waals surface area contributed by atoms with E-state index >= 15 is 0 Å². The smallest absolute Gasteiger partial charge is 0.178 e. The summed E-state index contributed by atoms with van der Waals surface area (Å²) in [6, 6.07) is 23.0. The van der Waals surface area contributed by atoms with Crippen molar-refractivity contribution in [2.45, 2.75) is 5.92 Å². The number of carbonyl (C=O) groups is 3. The number of ketones is 3. The molecule has 1 spiro atoms. The highest BCUT2D eigenvalue weighted by molar-refractivity contribution is 6.35. The van der Waals surface area contributed by atoms with Crippen LogP contribution in [0.4, 0.5) is 0 Å². The van der Waals surface area contributed by atoms with Gasteiger partial charge < -0.3 is 4.74 Å². The summed E-state index contributed by atoms with van der Waals surface area (Å²) in [6.07, 6.45) is 0. The first-order valence-corrected chi connectivity index (χ1v) is 9.52. The maximum absolute atomic E-state index is 13.5. The lowest BCUT2D eigenvalue weighted by Crippen LogP contribution is -2.23. The first-order chi connectivity index (χ1) is 14.1. The van der Waals surface area contributed by atoms with Crippen molar-refractivity contribution in [3.05, 3.63) is 101 Å². The summed E-state index contributed by atoms with van der Waals surface area (Å²) < 4.78 is 5.32. The van der Waals surface area contributed by atoms with Crippen molar-refractivity contribution in [3.8, 4) is 5.75 Å². The fraction of sp³-hybridized carbons (Fsp3) is 0.160. The third-order valence-electron chi connectivity index (χ3n) is 6.17. The molecule has 4 heteroatoms. The van der Waals surface area contributed by atoms with Crippen LogP contribution in [0, 0.1) is 11.3 Å². The van der Waals surface area contributed by atoms with Gasteiger partial charge >= 0.3 is 0 Å². The zero-order chi connectivity index (χ0) is 20.2. The van der Waals surface area contributed by atoms with Crippen molar-refractivity contribution < 1.29 is 19.1 Å². The topological polar surface area (TPSA) is 60.4 Å². The van der Waals surface area contributed by atoms with Gasteiger partial charge in [0, 0.05) is 22.6 Å². The number of methoxy groups -OCH3 is 1. The van der Waals surface area contributed by atoms with Crippen LogP contribution in [0.15, 0.2) is 78.9 Å². The number of hydrogen-bond donors (Lipinski definition) is 0. The molecule has 0 aliphatic heterocycles. The summed E-state index contributed by atoms with van der Waals surface area (Å²) in [4.78, 5) is 40.4. The summed E-state index contributed by atoms with van der Waals surface area (Å²) in [7, 11) is 1.57. The molecule has 2 atom stereocenters. The van der Waals surface area contributed by atoms with Gasteiger partial charge in [-0.05, 0) is 17.7 Å². The molecular weight excluding hydrogens is 364 g/mol. The molecule has 3 aromatic rings. The standard InChI is InChI=1S/C25H18O4/c1-29-17-11-7-10-16(14-17)20-21(22(26)15-8-3-2-4-9-15)25(20)23(27)18-12-5-6-13-19(18)24(25)28/h2-14,20-21H,1H3/t20-,21+/m0/s1. The molecule has 4 nitrogen and oxygen atoms in total. The molecule has 0 bridgehead atoms. The molecule has 29 heavy (non-hydrogen) atoms. The van der Waals surface area contributed by atoms with Gasteiger partial charge in [-0.2, -0.15) is 0 Å². The molecule has 2 aliphatic rings. The van der Waals surface area contributed by atoms with E-state index in [-0.39, 0.29) is 17.3 Å². The highest BCUT2D eigenvalue weighted by Gasteiger charge is 2.79. The summed E-state index contributed by atoms with van der Waals surface area (Å²) in [5.74, 6) is -1.26. The fourth-order valence-electron chi connectivity index (χ4n) is 4.81. The van der Waals surface area contributed by atoms with Crippen molar-refractivity contribution >= 4 is 17.3 Å². The molecule has 5 rings (SSSR count). The summed E-state index contributed by atoms with van der Waals surface area (Å²) in [5, 5.41) is 0. The molecule has 0 saturated heterocycles. The van der Waals surface area contributed by atoms with Crippen LogP contribution in [0.5, 0.6) is 5.75 Å². The highest BCUT2D eigenvalue weighted by atomic mass is 16.5. The van der Waals surface area contributed by atoms with Crippen LogP contribution < -0.4 is 4.74 Å². The molecule has 1 saturated carbocycles. The maximum Gasteiger partial charge on any atom is 0.178 e. The molecule has 142 valence electrons. The third-order valence-corrected chi connectivity index (χ3v) is 6.17. The Hall–Kier alpha value is -3.53. The van der Waals surface area contributed by atoms with Crippen LogP contribution >= 0.6 is 0 Å². The minimum absolute atomic E-state index is 0.173. The van der Waals surface area contributed by atoms with E-state index in [1.165, 1.54) is 0 Å². The van der Waals surface area contributed by atoms with Gasteiger partial charge in [-0.15, -0.1) is 0 Å². The van der Waals surface area contributed by atoms with Gasteiger partial charge in [-0.3, -0.25) is 14.4 Å². The monoisotopic (exact) mass is 382 g/mol. The van der Waals surface area contributed by atoms with Gasteiger partial charge in [-0.25, -0.2) is 0 Å². The molecular formula is C25H18O4. The Morgan fingerprint density at radius 3 is 2.07 bits per heavy atom. The Balaban J connectivity index is 1.67. The van der Waals surface area contributed by atoms with Gasteiger partial charge in [0.15, 0.2) is 17.3 Å². The van der Waals surface area contributed by atoms with Crippen molar-refractivity contribution in [1.82, 2.24) is 0 Å². The Labute approximate surface area is 168 Å². The zero-order valence-corrected chi connectivity index (χ0v) is 15.8. The van der Waals surface area contributed by atoms with Crippen molar-refractivity contribution in [2.24, 2.45) is 11.3 Å². The van der Waals surface area contributed by atoms with Crippen LogP contribution in [0.2, 0.25) is 0 Å². The minimum Gasteiger partial charge on any atom is -0.497 e. The Kier molecular flexibility index (Phi) is 3.78. The van der Waals surface area contributed by atoms with E-state index in [9.17, 15) is 14.4 Å². The quantitative estimate of drug-likeness (QED) is 0.497. The predicted octanol–water partition coefficient (Wildman–Crippen LogP) is 4.36. The number of hydrogen-bond acceptors (Lipinski definition) is 4. The minimum atomic E-state index is -1.36.